The lowest BCUT2D eigenvalue weighted by Crippen LogP contribution is -2.17. The SMILES string of the molecule is NC(CC(=O)O)c1ccc(OC(F)(F)F)cc1. The number of carbonyl (C=O) groups is 1. The van der Waals surface area contributed by atoms with Crippen molar-refractivity contribution < 1.29 is 27.8 Å². The molecule has 1 atom stereocenters. The molecule has 1 aromatic carbocycles. The number of halogens is 3. The van der Waals surface area contributed by atoms with Crippen LogP contribution in [0.2, 0.25) is 0 Å². The number of rotatable bonds is 4. The van der Waals surface area contributed by atoms with Crippen molar-refractivity contribution in [2.75, 3.05) is 0 Å². The van der Waals surface area contributed by atoms with Gasteiger partial charge in [-0.3, -0.25) is 4.79 Å². The molecule has 1 rings (SSSR count). The molecule has 0 aliphatic rings. The summed E-state index contributed by atoms with van der Waals surface area (Å²) in [5, 5.41) is 8.50. The molecule has 94 valence electrons. The van der Waals surface area contributed by atoms with E-state index in [-0.39, 0.29) is 12.2 Å². The highest BCUT2D eigenvalue weighted by molar-refractivity contribution is 5.67. The topological polar surface area (TPSA) is 72.6 Å². The highest BCUT2D eigenvalue weighted by atomic mass is 19.4. The molecule has 4 nitrogen and oxygen atoms in total. The molecule has 0 heterocycles. The number of hydrogen-bond donors (Lipinski definition) is 2. The van der Waals surface area contributed by atoms with Crippen LogP contribution >= 0.6 is 0 Å². The van der Waals surface area contributed by atoms with E-state index in [9.17, 15) is 18.0 Å². The molecular formula is C10H10F3NO3. The first kappa shape index (κ1) is 13.3. The zero-order chi connectivity index (χ0) is 13.1. The molecule has 0 saturated heterocycles. The Hall–Kier alpha value is -1.76. The zero-order valence-corrected chi connectivity index (χ0v) is 8.57. The van der Waals surface area contributed by atoms with E-state index in [0.717, 1.165) is 12.1 Å². The summed E-state index contributed by atoms with van der Waals surface area (Å²) in [5.41, 5.74) is 5.96. The summed E-state index contributed by atoms with van der Waals surface area (Å²) >= 11 is 0. The summed E-state index contributed by atoms with van der Waals surface area (Å²) in [6, 6.07) is 4.02. The van der Waals surface area contributed by atoms with Crippen molar-refractivity contribution in [3.8, 4) is 5.75 Å². The van der Waals surface area contributed by atoms with Crippen LogP contribution in [0.3, 0.4) is 0 Å². The van der Waals surface area contributed by atoms with Crippen LogP contribution in [0.1, 0.15) is 18.0 Å². The molecule has 0 amide bonds. The van der Waals surface area contributed by atoms with Gasteiger partial charge in [0.2, 0.25) is 0 Å². The summed E-state index contributed by atoms with van der Waals surface area (Å²) in [7, 11) is 0. The Morgan fingerprint density at radius 2 is 1.88 bits per heavy atom. The standard InChI is InChI=1S/C10H10F3NO3/c11-10(12,13)17-7-3-1-6(2-4-7)8(14)5-9(15)16/h1-4,8H,5,14H2,(H,15,16). The first-order valence-corrected chi connectivity index (χ1v) is 4.61. The van der Waals surface area contributed by atoms with Crippen LogP contribution in [0.4, 0.5) is 13.2 Å². The molecule has 17 heavy (non-hydrogen) atoms. The average Bonchev–Trinajstić information content (AvgIpc) is 2.15. The van der Waals surface area contributed by atoms with Crippen LogP contribution in [-0.4, -0.2) is 17.4 Å². The van der Waals surface area contributed by atoms with E-state index in [2.05, 4.69) is 4.74 Å². The predicted molar refractivity (Wildman–Crippen MR) is 52.3 cm³/mol. The summed E-state index contributed by atoms with van der Waals surface area (Å²) in [5.74, 6) is -1.45. The minimum Gasteiger partial charge on any atom is -0.481 e. The predicted octanol–water partition coefficient (Wildman–Crippen LogP) is 2.06. The van der Waals surface area contributed by atoms with Gasteiger partial charge < -0.3 is 15.6 Å². The molecule has 0 radical (unpaired) electrons. The van der Waals surface area contributed by atoms with E-state index in [1.807, 2.05) is 0 Å². The molecule has 0 saturated carbocycles. The largest absolute Gasteiger partial charge is 0.573 e. The fourth-order valence-electron chi connectivity index (χ4n) is 1.22. The summed E-state index contributed by atoms with van der Waals surface area (Å²) in [4.78, 5) is 10.4. The summed E-state index contributed by atoms with van der Waals surface area (Å²) in [6.07, 6.45) is -5.04. The molecule has 0 aliphatic heterocycles. The van der Waals surface area contributed by atoms with Crippen molar-refractivity contribution in [3.05, 3.63) is 29.8 Å². The minimum atomic E-state index is -4.75. The highest BCUT2D eigenvalue weighted by Gasteiger charge is 2.31. The summed E-state index contributed by atoms with van der Waals surface area (Å²) in [6.45, 7) is 0. The smallest absolute Gasteiger partial charge is 0.481 e. The quantitative estimate of drug-likeness (QED) is 0.856. The Morgan fingerprint density at radius 1 is 1.35 bits per heavy atom. The maximum absolute atomic E-state index is 11.8. The fourth-order valence-corrected chi connectivity index (χ4v) is 1.22. The van der Waals surface area contributed by atoms with Gasteiger partial charge in [0, 0.05) is 6.04 Å². The molecule has 7 heteroatoms. The first-order chi connectivity index (χ1) is 7.78. The van der Waals surface area contributed by atoms with Crippen molar-refractivity contribution in [2.45, 2.75) is 18.8 Å². The second-order valence-corrected chi connectivity index (χ2v) is 3.32. The van der Waals surface area contributed by atoms with Gasteiger partial charge in [0.25, 0.3) is 0 Å². The molecule has 1 aromatic rings. The van der Waals surface area contributed by atoms with Crippen molar-refractivity contribution in [3.63, 3.8) is 0 Å². The molecule has 0 bridgehead atoms. The third-order valence-electron chi connectivity index (χ3n) is 1.94. The highest BCUT2D eigenvalue weighted by Crippen LogP contribution is 2.24. The molecule has 1 unspecified atom stereocenters. The van der Waals surface area contributed by atoms with Crippen LogP contribution < -0.4 is 10.5 Å². The van der Waals surface area contributed by atoms with Crippen LogP contribution in [-0.2, 0) is 4.79 Å². The van der Waals surface area contributed by atoms with Gasteiger partial charge in [0.15, 0.2) is 0 Å². The van der Waals surface area contributed by atoms with Crippen LogP contribution in [0.5, 0.6) is 5.75 Å². The van der Waals surface area contributed by atoms with E-state index in [0.29, 0.717) is 5.56 Å². The van der Waals surface area contributed by atoms with Crippen LogP contribution in [0.15, 0.2) is 24.3 Å². The van der Waals surface area contributed by atoms with E-state index < -0.39 is 18.4 Å². The van der Waals surface area contributed by atoms with Gasteiger partial charge in [-0.05, 0) is 17.7 Å². The molecule has 0 aromatic heterocycles. The average molecular weight is 249 g/mol. The Morgan fingerprint density at radius 3 is 2.29 bits per heavy atom. The molecular weight excluding hydrogens is 239 g/mol. The third kappa shape index (κ3) is 4.73. The maximum Gasteiger partial charge on any atom is 0.573 e. The van der Waals surface area contributed by atoms with Crippen molar-refractivity contribution in [1.29, 1.82) is 0 Å². The monoisotopic (exact) mass is 249 g/mol. The van der Waals surface area contributed by atoms with E-state index in [1.165, 1.54) is 12.1 Å². The third-order valence-corrected chi connectivity index (χ3v) is 1.94. The Bertz CT molecular complexity index is 389. The number of alkyl halides is 3. The fraction of sp³-hybridized carbons (Fsp3) is 0.300. The van der Waals surface area contributed by atoms with Gasteiger partial charge in [-0.15, -0.1) is 13.2 Å². The normalized spacial score (nSPS) is 13.2. The number of ether oxygens (including phenoxy) is 1. The number of benzene rings is 1. The van der Waals surface area contributed by atoms with Crippen LogP contribution in [0, 0.1) is 0 Å². The number of carboxylic acid groups (broad SMARTS) is 1. The van der Waals surface area contributed by atoms with Crippen molar-refractivity contribution in [2.24, 2.45) is 5.73 Å². The van der Waals surface area contributed by atoms with Crippen molar-refractivity contribution >= 4 is 5.97 Å². The van der Waals surface area contributed by atoms with Crippen LogP contribution in [0.25, 0.3) is 0 Å². The molecule has 0 spiro atoms. The lowest BCUT2D eigenvalue weighted by molar-refractivity contribution is -0.274. The number of hydrogen-bond acceptors (Lipinski definition) is 3. The van der Waals surface area contributed by atoms with E-state index >= 15 is 0 Å². The Kier molecular flexibility index (Phi) is 3.95. The number of nitrogens with two attached hydrogens (primary N) is 1. The lowest BCUT2D eigenvalue weighted by atomic mass is 10.1. The van der Waals surface area contributed by atoms with Gasteiger partial charge in [0.1, 0.15) is 5.75 Å². The molecule has 3 N–H and O–H groups in total. The van der Waals surface area contributed by atoms with Gasteiger partial charge in [-0.2, -0.15) is 0 Å². The van der Waals surface area contributed by atoms with Gasteiger partial charge in [0.05, 0.1) is 6.42 Å². The maximum atomic E-state index is 11.8. The number of aliphatic carboxylic acids is 1. The van der Waals surface area contributed by atoms with Gasteiger partial charge in [-0.25, -0.2) is 0 Å². The van der Waals surface area contributed by atoms with Gasteiger partial charge in [-0.1, -0.05) is 12.1 Å². The minimum absolute atomic E-state index is 0.292. The second kappa shape index (κ2) is 5.05. The Labute approximate surface area is 94.8 Å². The van der Waals surface area contributed by atoms with Gasteiger partial charge >= 0.3 is 12.3 Å². The Balaban J connectivity index is 2.71. The molecule has 0 fully saturated rings. The lowest BCUT2D eigenvalue weighted by Gasteiger charge is -2.11. The second-order valence-electron chi connectivity index (χ2n) is 3.32. The zero-order valence-electron chi connectivity index (χ0n) is 8.57. The molecule has 0 aliphatic carbocycles. The van der Waals surface area contributed by atoms with E-state index in [4.69, 9.17) is 10.8 Å². The first-order valence-electron chi connectivity index (χ1n) is 4.61. The van der Waals surface area contributed by atoms with Crippen molar-refractivity contribution in [1.82, 2.24) is 0 Å². The van der Waals surface area contributed by atoms with E-state index in [1.54, 1.807) is 0 Å². The summed E-state index contributed by atoms with van der Waals surface area (Å²) < 4.78 is 39.2. The number of carboxylic acids is 1.